The monoisotopic (exact) mass is 536 g/mol. The lowest BCUT2D eigenvalue weighted by Gasteiger charge is -2.24. The molecule has 0 radical (unpaired) electrons. The molecule has 0 saturated carbocycles. The van der Waals surface area contributed by atoms with E-state index in [-0.39, 0.29) is 23.2 Å². The van der Waals surface area contributed by atoms with Gasteiger partial charge in [-0.15, -0.1) is 11.3 Å². The first-order valence-electron chi connectivity index (χ1n) is 11.9. The van der Waals surface area contributed by atoms with Crippen LogP contribution in [0.5, 0.6) is 5.75 Å². The molecule has 10 nitrogen and oxygen atoms in total. The van der Waals surface area contributed by atoms with E-state index in [4.69, 9.17) is 4.74 Å². The molecular formula is C27H28N4O6S. The number of carbonyl (C=O) groups is 4. The molecule has 1 aliphatic rings. The number of carbonyl (C=O) groups excluding carboxylic acids is 4. The van der Waals surface area contributed by atoms with Crippen molar-refractivity contribution in [3.63, 3.8) is 0 Å². The number of anilines is 1. The van der Waals surface area contributed by atoms with Gasteiger partial charge in [0.1, 0.15) is 17.8 Å². The fourth-order valence-corrected chi connectivity index (χ4v) is 4.94. The highest BCUT2D eigenvalue weighted by Gasteiger charge is 2.45. The normalized spacial score (nSPS) is 15.8. The molecular weight excluding hydrogens is 508 g/mol. The summed E-state index contributed by atoms with van der Waals surface area (Å²) < 4.78 is 10.1. The minimum atomic E-state index is -1.16. The van der Waals surface area contributed by atoms with Gasteiger partial charge in [-0.2, -0.15) is 0 Å². The van der Waals surface area contributed by atoms with E-state index in [1.807, 2.05) is 50.2 Å². The first-order chi connectivity index (χ1) is 18.2. The number of imide groups is 1. The lowest BCUT2D eigenvalue weighted by atomic mass is 9.96. The van der Waals surface area contributed by atoms with E-state index < -0.39 is 35.9 Å². The van der Waals surface area contributed by atoms with Crippen LogP contribution in [0.2, 0.25) is 0 Å². The highest BCUT2D eigenvalue weighted by molar-refractivity contribution is 7.14. The van der Waals surface area contributed by atoms with Crippen LogP contribution in [-0.4, -0.2) is 54.0 Å². The van der Waals surface area contributed by atoms with E-state index in [0.717, 1.165) is 27.4 Å². The topological polar surface area (TPSA) is 127 Å². The number of benzene rings is 2. The summed E-state index contributed by atoms with van der Waals surface area (Å²) in [6.45, 7) is 4.01. The van der Waals surface area contributed by atoms with Crippen LogP contribution in [0.3, 0.4) is 0 Å². The molecule has 3 aromatic rings. The van der Waals surface area contributed by atoms with Crippen molar-refractivity contribution in [1.82, 2.24) is 15.2 Å². The second-order valence-corrected chi connectivity index (χ2v) is 9.83. The molecule has 2 heterocycles. The third-order valence-electron chi connectivity index (χ3n) is 6.20. The van der Waals surface area contributed by atoms with Gasteiger partial charge in [0.25, 0.3) is 5.91 Å². The lowest BCUT2D eigenvalue weighted by Crippen LogP contribution is -2.49. The number of thiazole rings is 1. The Morgan fingerprint density at radius 1 is 1.13 bits per heavy atom. The maximum Gasteiger partial charge on any atom is 0.357 e. The summed E-state index contributed by atoms with van der Waals surface area (Å²) in [5, 5.41) is 6.97. The Morgan fingerprint density at radius 2 is 1.87 bits per heavy atom. The highest BCUT2D eigenvalue weighted by Crippen LogP contribution is 2.32. The number of rotatable bonds is 9. The van der Waals surface area contributed by atoms with Crippen LogP contribution in [0.15, 0.2) is 53.9 Å². The Morgan fingerprint density at radius 3 is 2.53 bits per heavy atom. The smallest absolute Gasteiger partial charge is 0.357 e. The maximum absolute atomic E-state index is 13.6. The molecule has 2 aromatic carbocycles. The lowest BCUT2D eigenvalue weighted by molar-refractivity contribution is -0.134. The zero-order valence-electron chi connectivity index (χ0n) is 21.4. The zero-order valence-corrected chi connectivity index (χ0v) is 22.2. The molecule has 1 fully saturated rings. The van der Waals surface area contributed by atoms with Gasteiger partial charge in [0.05, 0.1) is 14.2 Å². The van der Waals surface area contributed by atoms with Gasteiger partial charge in [-0.3, -0.25) is 9.59 Å². The van der Waals surface area contributed by atoms with Crippen molar-refractivity contribution in [2.45, 2.75) is 38.3 Å². The summed E-state index contributed by atoms with van der Waals surface area (Å²) in [6, 6.07) is 11.6. The minimum absolute atomic E-state index is 0.0444. The predicted molar refractivity (Wildman–Crippen MR) is 141 cm³/mol. The van der Waals surface area contributed by atoms with Crippen LogP contribution >= 0.6 is 11.3 Å². The summed E-state index contributed by atoms with van der Waals surface area (Å²) >= 11 is 1.03. The summed E-state index contributed by atoms with van der Waals surface area (Å²) in [6.07, 6.45) is 0.0909. The zero-order chi connectivity index (χ0) is 27.4. The fourth-order valence-electron chi connectivity index (χ4n) is 4.26. The number of hydrogen-bond acceptors (Lipinski definition) is 8. The average Bonchev–Trinajstić information content (AvgIpc) is 3.50. The number of nitrogens with one attached hydrogen (secondary N) is 2. The van der Waals surface area contributed by atoms with Crippen molar-refractivity contribution < 1.29 is 28.7 Å². The highest BCUT2D eigenvalue weighted by atomic mass is 32.1. The van der Waals surface area contributed by atoms with Gasteiger partial charge < -0.3 is 20.1 Å². The number of ether oxygens (including phenoxy) is 2. The van der Waals surface area contributed by atoms with Crippen molar-refractivity contribution in [2.24, 2.45) is 0 Å². The summed E-state index contributed by atoms with van der Waals surface area (Å²) in [5.74, 6) is -0.979. The summed E-state index contributed by atoms with van der Waals surface area (Å²) in [5.41, 5.74) is 2.30. The SMILES string of the molecule is COC(=O)c1csc(NC(=O)C(Cc2ccccc2)N2C(=O)NC(c3ccc(OC)c(C(C)C)c3)C2=O)n1. The van der Waals surface area contributed by atoms with Crippen molar-refractivity contribution >= 4 is 40.3 Å². The van der Waals surface area contributed by atoms with Gasteiger partial charge in [-0.05, 0) is 34.7 Å². The van der Waals surface area contributed by atoms with Crippen molar-refractivity contribution in [1.29, 1.82) is 0 Å². The van der Waals surface area contributed by atoms with E-state index in [0.29, 0.717) is 11.3 Å². The van der Waals surface area contributed by atoms with E-state index >= 15 is 0 Å². The van der Waals surface area contributed by atoms with Crippen LogP contribution in [0.1, 0.15) is 53.0 Å². The number of hydrogen-bond donors (Lipinski definition) is 2. The molecule has 2 atom stereocenters. The van der Waals surface area contributed by atoms with E-state index in [2.05, 4.69) is 20.4 Å². The van der Waals surface area contributed by atoms with E-state index in [9.17, 15) is 19.2 Å². The molecule has 2 unspecified atom stereocenters. The molecule has 38 heavy (non-hydrogen) atoms. The molecule has 198 valence electrons. The largest absolute Gasteiger partial charge is 0.496 e. The van der Waals surface area contributed by atoms with Crippen LogP contribution in [0, 0.1) is 0 Å². The Hall–Kier alpha value is -4.25. The number of amides is 4. The number of methoxy groups -OCH3 is 2. The minimum Gasteiger partial charge on any atom is -0.496 e. The van der Waals surface area contributed by atoms with E-state index in [1.165, 1.54) is 12.5 Å². The van der Waals surface area contributed by atoms with Gasteiger partial charge in [0.2, 0.25) is 5.91 Å². The van der Waals surface area contributed by atoms with Gasteiger partial charge in [-0.25, -0.2) is 19.5 Å². The van der Waals surface area contributed by atoms with E-state index in [1.54, 1.807) is 19.2 Å². The third-order valence-corrected chi connectivity index (χ3v) is 6.95. The second kappa shape index (κ2) is 11.4. The third kappa shape index (κ3) is 5.52. The Balaban J connectivity index is 1.64. The molecule has 2 N–H and O–H groups in total. The van der Waals surface area contributed by atoms with Crippen LogP contribution in [0.4, 0.5) is 9.93 Å². The molecule has 1 aromatic heterocycles. The second-order valence-electron chi connectivity index (χ2n) is 8.97. The van der Waals surface area contributed by atoms with Crippen LogP contribution in [-0.2, 0) is 20.7 Å². The van der Waals surface area contributed by atoms with Crippen LogP contribution in [0.25, 0.3) is 0 Å². The Labute approximate surface area is 224 Å². The van der Waals surface area contributed by atoms with Crippen molar-refractivity contribution in [3.05, 3.63) is 76.3 Å². The van der Waals surface area contributed by atoms with Gasteiger partial charge >= 0.3 is 12.0 Å². The summed E-state index contributed by atoms with van der Waals surface area (Å²) in [4.78, 5) is 57.0. The van der Waals surface area contributed by atoms with Crippen molar-refractivity contribution in [2.75, 3.05) is 19.5 Å². The number of nitrogens with zero attached hydrogens (tertiary/aromatic N) is 2. The first-order valence-corrected chi connectivity index (χ1v) is 12.8. The first kappa shape index (κ1) is 26.8. The quantitative estimate of drug-likeness (QED) is 0.314. The fraction of sp³-hybridized carbons (Fsp3) is 0.296. The number of urea groups is 1. The molecule has 4 amide bonds. The standard InChI is InChI=1S/C27H28N4O6S/c1-15(2)18-13-17(10-11-21(18)36-3)22-24(33)31(27(35)29-22)20(12-16-8-6-5-7-9-16)23(32)30-26-28-19(14-38-26)25(34)37-4/h5-11,13-15,20,22H,12H2,1-4H3,(H,29,35)(H,28,30,32). The van der Waals surface area contributed by atoms with Crippen LogP contribution < -0.4 is 15.4 Å². The molecule has 1 saturated heterocycles. The predicted octanol–water partition coefficient (Wildman–Crippen LogP) is 3.90. The van der Waals surface area contributed by atoms with Gasteiger partial charge in [0, 0.05) is 11.8 Å². The summed E-state index contributed by atoms with van der Waals surface area (Å²) in [7, 11) is 2.81. The number of aromatic nitrogens is 1. The molecule has 11 heteroatoms. The van der Waals surface area contributed by atoms with Gasteiger partial charge in [-0.1, -0.05) is 50.2 Å². The molecule has 0 spiro atoms. The number of esters is 1. The average molecular weight is 537 g/mol. The molecule has 4 rings (SSSR count). The maximum atomic E-state index is 13.6. The Bertz CT molecular complexity index is 1360. The van der Waals surface area contributed by atoms with Gasteiger partial charge in [0.15, 0.2) is 10.8 Å². The Kier molecular flexibility index (Phi) is 8.06. The molecule has 0 bridgehead atoms. The van der Waals surface area contributed by atoms with Crippen molar-refractivity contribution in [3.8, 4) is 5.75 Å². The molecule has 1 aliphatic heterocycles. The molecule has 0 aliphatic carbocycles.